The molecule has 7 nitrogen and oxygen atoms in total. The molecule has 1 amide bonds. The van der Waals surface area contributed by atoms with Crippen LogP contribution in [0.3, 0.4) is 0 Å². The summed E-state index contributed by atoms with van der Waals surface area (Å²) in [5, 5.41) is 5.16. The number of fused-ring (bicyclic) bond motifs is 1. The first-order chi connectivity index (χ1) is 14.0. The van der Waals surface area contributed by atoms with E-state index in [1.807, 2.05) is 0 Å². The molecular formula is C22H29N3O4. The van der Waals surface area contributed by atoms with Crippen LogP contribution in [0.5, 0.6) is 0 Å². The molecule has 1 aliphatic heterocycles. The molecule has 0 bridgehead atoms. The van der Waals surface area contributed by atoms with Gasteiger partial charge in [0.25, 0.3) is 11.5 Å². The molecule has 0 radical (unpaired) electrons. The van der Waals surface area contributed by atoms with Crippen molar-refractivity contribution in [1.29, 1.82) is 0 Å². The van der Waals surface area contributed by atoms with Crippen LogP contribution in [0.25, 0.3) is 10.8 Å². The number of rotatable bonds is 7. The maximum absolute atomic E-state index is 12.7. The number of aryl methyl sites for hydroxylation is 1. The first-order valence-electron chi connectivity index (χ1n) is 10.5. The van der Waals surface area contributed by atoms with Crippen LogP contribution in [-0.4, -0.2) is 46.3 Å². The SMILES string of the molecule is CCCCCn1nc(C(=O)OCC(=O)N2CCC(C)CC2)c2ccccc2c1=O. The highest BCUT2D eigenvalue weighted by atomic mass is 16.5. The number of piperidine rings is 1. The lowest BCUT2D eigenvalue weighted by Gasteiger charge is -2.30. The predicted molar refractivity (Wildman–Crippen MR) is 111 cm³/mol. The Morgan fingerprint density at radius 2 is 1.83 bits per heavy atom. The Kier molecular flexibility index (Phi) is 7.01. The van der Waals surface area contributed by atoms with Gasteiger partial charge in [0, 0.05) is 25.0 Å². The standard InChI is InChI=1S/C22H29N3O4/c1-3-4-7-12-25-21(27)18-9-6-5-8-17(18)20(23-25)22(28)29-15-19(26)24-13-10-16(2)11-14-24/h5-6,8-9,16H,3-4,7,10-15H2,1-2H3. The van der Waals surface area contributed by atoms with Gasteiger partial charge in [0.05, 0.1) is 5.39 Å². The van der Waals surface area contributed by atoms with Gasteiger partial charge in [0.1, 0.15) is 0 Å². The van der Waals surface area contributed by atoms with E-state index in [2.05, 4.69) is 18.9 Å². The second-order valence-corrected chi connectivity index (χ2v) is 7.77. The Bertz CT molecular complexity index is 929. The van der Waals surface area contributed by atoms with E-state index in [1.54, 1.807) is 29.2 Å². The van der Waals surface area contributed by atoms with Gasteiger partial charge in [-0.15, -0.1) is 0 Å². The van der Waals surface area contributed by atoms with Crippen molar-refractivity contribution in [1.82, 2.24) is 14.7 Å². The molecule has 0 saturated carbocycles. The van der Waals surface area contributed by atoms with E-state index in [-0.39, 0.29) is 23.8 Å². The van der Waals surface area contributed by atoms with Gasteiger partial charge in [-0.05, 0) is 31.2 Å². The number of ether oxygens (including phenoxy) is 1. The van der Waals surface area contributed by atoms with E-state index in [0.717, 1.165) is 32.1 Å². The second-order valence-electron chi connectivity index (χ2n) is 7.77. The van der Waals surface area contributed by atoms with Crippen molar-refractivity contribution < 1.29 is 14.3 Å². The lowest BCUT2D eigenvalue weighted by Crippen LogP contribution is -2.40. The Morgan fingerprint density at radius 3 is 2.52 bits per heavy atom. The van der Waals surface area contributed by atoms with Crippen LogP contribution in [0.4, 0.5) is 0 Å². The lowest BCUT2D eigenvalue weighted by molar-refractivity contribution is -0.135. The summed E-state index contributed by atoms with van der Waals surface area (Å²) < 4.78 is 6.63. The molecule has 1 aromatic carbocycles. The zero-order valence-electron chi connectivity index (χ0n) is 17.2. The molecule has 2 heterocycles. The lowest BCUT2D eigenvalue weighted by atomic mass is 9.99. The molecule has 1 aliphatic rings. The Labute approximate surface area is 170 Å². The number of amides is 1. The molecule has 0 spiro atoms. The molecule has 0 atom stereocenters. The average molecular weight is 399 g/mol. The highest BCUT2D eigenvalue weighted by Gasteiger charge is 2.23. The van der Waals surface area contributed by atoms with E-state index in [1.165, 1.54) is 4.68 Å². The number of nitrogens with zero attached hydrogens (tertiary/aromatic N) is 3. The fourth-order valence-corrected chi connectivity index (χ4v) is 3.59. The molecule has 29 heavy (non-hydrogen) atoms. The van der Waals surface area contributed by atoms with E-state index >= 15 is 0 Å². The van der Waals surface area contributed by atoms with Crippen LogP contribution in [0.2, 0.25) is 0 Å². The summed E-state index contributed by atoms with van der Waals surface area (Å²) in [5.41, 5.74) is -0.136. The topological polar surface area (TPSA) is 81.5 Å². The highest BCUT2D eigenvalue weighted by Crippen LogP contribution is 2.17. The van der Waals surface area contributed by atoms with Crippen LogP contribution < -0.4 is 5.56 Å². The number of aromatic nitrogens is 2. The molecule has 0 unspecified atom stereocenters. The highest BCUT2D eigenvalue weighted by molar-refractivity contribution is 6.02. The third-order valence-electron chi connectivity index (χ3n) is 5.50. The quantitative estimate of drug-likeness (QED) is 0.528. The Morgan fingerprint density at radius 1 is 1.14 bits per heavy atom. The predicted octanol–water partition coefficient (Wildman–Crippen LogP) is 3.00. The fraction of sp³-hybridized carbons (Fsp3) is 0.545. The zero-order valence-corrected chi connectivity index (χ0v) is 17.2. The van der Waals surface area contributed by atoms with E-state index < -0.39 is 5.97 Å². The normalized spacial score (nSPS) is 14.9. The van der Waals surface area contributed by atoms with Crippen LogP contribution in [0.1, 0.15) is 56.4 Å². The van der Waals surface area contributed by atoms with E-state index in [0.29, 0.717) is 36.3 Å². The monoisotopic (exact) mass is 399 g/mol. The molecule has 3 rings (SSSR count). The summed E-state index contributed by atoms with van der Waals surface area (Å²) in [7, 11) is 0. The third-order valence-corrected chi connectivity index (χ3v) is 5.50. The number of unbranched alkanes of at least 4 members (excludes halogenated alkanes) is 2. The summed E-state index contributed by atoms with van der Waals surface area (Å²) in [6, 6.07) is 6.88. The number of esters is 1. The van der Waals surface area contributed by atoms with E-state index in [9.17, 15) is 14.4 Å². The largest absolute Gasteiger partial charge is 0.451 e. The van der Waals surface area contributed by atoms with Crippen molar-refractivity contribution in [2.24, 2.45) is 5.92 Å². The molecule has 2 aromatic rings. The minimum absolute atomic E-state index is 0.0803. The fourth-order valence-electron chi connectivity index (χ4n) is 3.59. The van der Waals surface area contributed by atoms with Gasteiger partial charge >= 0.3 is 5.97 Å². The van der Waals surface area contributed by atoms with Crippen LogP contribution in [-0.2, 0) is 16.1 Å². The van der Waals surface area contributed by atoms with Crippen molar-refractivity contribution in [3.05, 3.63) is 40.3 Å². The number of hydrogen-bond acceptors (Lipinski definition) is 5. The molecule has 0 N–H and O–H groups in total. The number of carbonyl (C=O) groups excluding carboxylic acids is 2. The van der Waals surface area contributed by atoms with Crippen molar-refractivity contribution >= 4 is 22.6 Å². The first-order valence-corrected chi connectivity index (χ1v) is 10.5. The van der Waals surface area contributed by atoms with Gasteiger partial charge in [0.15, 0.2) is 12.3 Å². The molecule has 7 heteroatoms. The molecule has 156 valence electrons. The number of benzene rings is 1. The molecule has 1 fully saturated rings. The average Bonchev–Trinajstić information content (AvgIpc) is 2.74. The minimum Gasteiger partial charge on any atom is -0.451 e. The van der Waals surface area contributed by atoms with Crippen molar-refractivity contribution in [3.63, 3.8) is 0 Å². The van der Waals surface area contributed by atoms with Gasteiger partial charge in [-0.25, -0.2) is 9.48 Å². The maximum atomic E-state index is 12.7. The van der Waals surface area contributed by atoms with Crippen LogP contribution in [0.15, 0.2) is 29.1 Å². The second kappa shape index (κ2) is 9.67. The third kappa shape index (κ3) is 5.02. The summed E-state index contributed by atoms with van der Waals surface area (Å²) in [6.07, 6.45) is 4.74. The minimum atomic E-state index is -0.677. The van der Waals surface area contributed by atoms with Gasteiger partial charge in [-0.1, -0.05) is 44.9 Å². The Balaban J connectivity index is 1.76. The van der Waals surface area contributed by atoms with Crippen molar-refractivity contribution in [2.45, 2.75) is 52.5 Å². The van der Waals surface area contributed by atoms with Crippen LogP contribution in [0, 0.1) is 5.92 Å². The summed E-state index contributed by atoms with van der Waals surface area (Å²) in [4.78, 5) is 39.5. The summed E-state index contributed by atoms with van der Waals surface area (Å²) in [5.74, 6) is -0.249. The smallest absolute Gasteiger partial charge is 0.359 e. The van der Waals surface area contributed by atoms with Crippen LogP contribution >= 0.6 is 0 Å². The van der Waals surface area contributed by atoms with Gasteiger partial charge in [-0.2, -0.15) is 5.10 Å². The molecular weight excluding hydrogens is 370 g/mol. The first kappa shape index (κ1) is 21.0. The molecule has 1 saturated heterocycles. The number of hydrogen-bond donors (Lipinski definition) is 0. The maximum Gasteiger partial charge on any atom is 0.359 e. The van der Waals surface area contributed by atoms with Gasteiger partial charge in [-0.3, -0.25) is 9.59 Å². The molecule has 0 aliphatic carbocycles. The summed E-state index contributed by atoms with van der Waals surface area (Å²) in [6.45, 7) is 5.79. The zero-order chi connectivity index (χ0) is 20.8. The summed E-state index contributed by atoms with van der Waals surface area (Å²) >= 11 is 0. The molecule has 1 aromatic heterocycles. The van der Waals surface area contributed by atoms with Crippen molar-refractivity contribution in [3.8, 4) is 0 Å². The Hall–Kier alpha value is -2.70. The van der Waals surface area contributed by atoms with E-state index in [4.69, 9.17) is 4.74 Å². The number of likely N-dealkylation sites (tertiary alicyclic amines) is 1. The van der Waals surface area contributed by atoms with Crippen molar-refractivity contribution in [2.75, 3.05) is 19.7 Å². The van der Waals surface area contributed by atoms with Gasteiger partial charge in [0.2, 0.25) is 0 Å². The van der Waals surface area contributed by atoms with Gasteiger partial charge < -0.3 is 9.64 Å². The number of carbonyl (C=O) groups is 2.